The molecule has 0 aliphatic rings. The Morgan fingerprint density at radius 2 is 0.760 bits per heavy atom. The second-order valence-electron chi connectivity index (χ2n) is 15.7. The molecule has 0 fully saturated rings. The highest BCUT2D eigenvalue weighted by molar-refractivity contribution is 5.71. The number of carbonyl (C=O) groups excluding carboxylic acids is 3. The van der Waals surface area contributed by atoms with Crippen molar-refractivity contribution in [1.29, 1.82) is 0 Å². The molecule has 296 valence electrons. The van der Waals surface area contributed by atoms with Crippen molar-refractivity contribution in [2.24, 2.45) is 11.8 Å². The molecular formula is C44H84O6. The van der Waals surface area contributed by atoms with E-state index in [1.165, 1.54) is 122 Å². The zero-order valence-corrected chi connectivity index (χ0v) is 34.0. The summed E-state index contributed by atoms with van der Waals surface area (Å²) in [6, 6.07) is 0. The van der Waals surface area contributed by atoms with Gasteiger partial charge in [-0.25, -0.2) is 0 Å². The number of rotatable bonds is 38. The minimum absolute atomic E-state index is 0.0667. The highest BCUT2D eigenvalue weighted by Gasteiger charge is 2.19. The number of unbranched alkanes of at least 4 members (excludes halogenated alkanes) is 22. The SMILES string of the molecule is CCCCCCCCCCCCCCCC(=O)OC[C@H](COC(=O)CCCCCCCCC(C)CC)OC(=O)CCCCCCCCC(C)C. The number of hydrogen-bond acceptors (Lipinski definition) is 6. The van der Waals surface area contributed by atoms with E-state index in [4.69, 9.17) is 14.2 Å². The van der Waals surface area contributed by atoms with Gasteiger partial charge in [-0.05, 0) is 31.1 Å². The van der Waals surface area contributed by atoms with Crippen LogP contribution in [0.4, 0.5) is 0 Å². The van der Waals surface area contributed by atoms with E-state index in [-0.39, 0.29) is 31.1 Å². The van der Waals surface area contributed by atoms with E-state index in [2.05, 4.69) is 34.6 Å². The van der Waals surface area contributed by atoms with Crippen molar-refractivity contribution in [2.45, 2.75) is 240 Å². The molecule has 0 radical (unpaired) electrons. The molecule has 50 heavy (non-hydrogen) atoms. The standard InChI is InChI=1S/C44H84O6/c1-6-8-9-10-11-12-13-14-15-16-17-24-29-34-42(45)48-37-41(50-44(47)36-31-26-20-18-22-27-32-39(3)4)38-49-43(46)35-30-25-21-19-23-28-33-40(5)7-2/h39-41H,6-38H2,1-5H3/t40?,41-/m1/s1. The van der Waals surface area contributed by atoms with Gasteiger partial charge in [-0.3, -0.25) is 14.4 Å². The summed E-state index contributed by atoms with van der Waals surface area (Å²) >= 11 is 0. The van der Waals surface area contributed by atoms with Crippen molar-refractivity contribution < 1.29 is 28.6 Å². The fraction of sp³-hybridized carbons (Fsp3) is 0.932. The zero-order chi connectivity index (χ0) is 36.9. The van der Waals surface area contributed by atoms with Crippen LogP contribution in [0.25, 0.3) is 0 Å². The highest BCUT2D eigenvalue weighted by Crippen LogP contribution is 2.16. The summed E-state index contributed by atoms with van der Waals surface area (Å²) in [6.45, 7) is 11.2. The lowest BCUT2D eigenvalue weighted by molar-refractivity contribution is -0.167. The smallest absolute Gasteiger partial charge is 0.306 e. The molecule has 0 spiro atoms. The summed E-state index contributed by atoms with van der Waals surface area (Å²) in [6.07, 6.45) is 33.9. The van der Waals surface area contributed by atoms with Gasteiger partial charge in [-0.2, -0.15) is 0 Å². The molecule has 1 unspecified atom stereocenters. The molecule has 0 N–H and O–H groups in total. The first-order valence-corrected chi connectivity index (χ1v) is 21.8. The van der Waals surface area contributed by atoms with Crippen molar-refractivity contribution in [1.82, 2.24) is 0 Å². The fourth-order valence-corrected chi connectivity index (χ4v) is 6.37. The predicted molar refractivity (Wildman–Crippen MR) is 210 cm³/mol. The first kappa shape index (κ1) is 48.4. The summed E-state index contributed by atoms with van der Waals surface area (Å²) in [5, 5.41) is 0. The van der Waals surface area contributed by atoms with Gasteiger partial charge in [0, 0.05) is 19.3 Å². The molecule has 0 aliphatic carbocycles. The third kappa shape index (κ3) is 36.2. The van der Waals surface area contributed by atoms with Gasteiger partial charge < -0.3 is 14.2 Å². The Morgan fingerprint density at radius 3 is 1.14 bits per heavy atom. The summed E-state index contributed by atoms with van der Waals surface area (Å²) in [7, 11) is 0. The Morgan fingerprint density at radius 1 is 0.420 bits per heavy atom. The van der Waals surface area contributed by atoms with Crippen LogP contribution in [0.1, 0.15) is 234 Å². The highest BCUT2D eigenvalue weighted by atomic mass is 16.6. The lowest BCUT2D eigenvalue weighted by Gasteiger charge is -2.18. The Bertz CT molecular complexity index is 766. The van der Waals surface area contributed by atoms with Gasteiger partial charge in [0.25, 0.3) is 0 Å². The average Bonchev–Trinajstić information content (AvgIpc) is 3.09. The molecule has 0 aromatic carbocycles. The number of ether oxygens (including phenoxy) is 3. The molecule has 0 bridgehead atoms. The second kappa shape index (κ2) is 37.2. The van der Waals surface area contributed by atoms with Crippen LogP contribution in [0.2, 0.25) is 0 Å². The zero-order valence-electron chi connectivity index (χ0n) is 34.0. The monoisotopic (exact) mass is 709 g/mol. The van der Waals surface area contributed by atoms with Gasteiger partial charge in [0.1, 0.15) is 13.2 Å². The van der Waals surface area contributed by atoms with E-state index >= 15 is 0 Å². The van der Waals surface area contributed by atoms with E-state index in [1.807, 2.05) is 0 Å². The van der Waals surface area contributed by atoms with Gasteiger partial charge in [-0.15, -0.1) is 0 Å². The lowest BCUT2D eigenvalue weighted by Crippen LogP contribution is -2.30. The van der Waals surface area contributed by atoms with Crippen molar-refractivity contribution in [2.75, 3.05) is 13.2 Å². The molecule has 0 aliphatic heterocycles. The normalized spacial score (nSPS) is 12.6. The van der Waals surface area contributed by atoms with Gasteiger partial charge in [-0.1, -0.05) is 195 Å². The summed E-state index contributed by atoms with van der Waals surface area (Å²) in [5.41, 5.74) is 0. The summed E-state index contributed by atoms with van der Waals surface area (Å²) in [5.74, 6) is 0.705. The molecule has 0 aromatic rings. The minimum Gasteiger partial charge on any atom is -0.462 e. The van der Waals surface area contributed by atoms with Crippen LogP contribution >= 0.6 is 0 Å². The number of hydrogen-bond donors (Lipinski definition) is 0. The molecule has 0 aromatic heterocycles. The second-order valence-corrected chi connectivity index (χ2v) is 15.7. The molecule has 6 heteroatoms. The molecule has 6 nitrogen and oxygen atoms in total. The average molecular weight is 709 g/mol. The topological polar surface area (TPSA) is 78.9 Å². The summed E-state index contributed by atoms with van der Waals surface area (Å²) < 4.78 is 16.7. The van der Waals surface area contributed by atoms with Crippen LogP contribution in [-0.4, -0.2) is 37.2 Å². The minimum atomic E-state index is -0.761. The molecule has 0 rings (SSSR count). The maximum Gasteiger partial charge on any atom is 0.306 e. The van der Waals surface area contributed by atoms with Crippen molar-refractivity contribution >= 4 is 17.9 Å². The fourth-order valence-electron chi connectivity index (χ4n) is 6.37. The van der Waals surface area contributed by atoms with E-state index in [0.717, 1.165) is 69.6 Å². The quantitative estimate of drug-likeness (QED) is 0.0361. The van der Waals surface area contributed by atoms with E-state index in [0.29, 0.717) is 19.3 Å². The van der Waals surface area contributed by atoms with Crippen molar-refractivity contribution in [3.8, 4) is 0 Å². The predicted octanol–water partition coefficient (Wildman–Crippen LogP) is 13.4. The van der Waals surface area contributed by atoms with Gasteiger partial charge >= 0.3 is 17.9 Å². The Hall–Kier alpha value is -1.59. The van der Waals surface area contributed by atoms with Crippen LogP contribution in [0.3, 0.4) is 0 Å². The largest absolute Gasteiger partial charge is 0.462 e. The number of esters is 3. The Labute approximate surface area is 310 Å². The van der Waals surface area contributed by atoms with Gasteiger partial charge in [0.2, 0.25) is 0 Å². The molecule has 0 saturated heterocycles. The van der Waals surface area contributed by atoms with Crippen LogP contribution in [0.5, 0.6) is 0 Å². The first-order valence-electron chi connectivity index (χ1n) is 21.8. The van der Waals surface area contributed by atoms with Crippen LogP contribution < -0.4 is 0 Å². The Balaban J connectivity index is 4.33. The first-order chi connectivity index (χ1) is 24.3. The molecular weight excluding hydrogens is 624 g/mol. The molecule has 2 atom stereocenters. The third-order valence-electron chi connectivity index (χ3n) is 10.1. The van der Waals surface area contributed by atoms with Crippen molar-refractivity contribution in [3.05, 3.63) is 0 Å². The van der Waals surface area contributed by atoms with Crippen LogP contribution in [0, 0.1) is 11.8 Å². The van der Waals surface area contributed by atoms with E-state index in [9.17, 15) is 14.4 Å². The van der Waals surface area contributed by atoms with Gasteiger partial charge in [0.15, 0.2) is 6.10 Å². The lowest BCUT2D eigenvalue weighted by atomic mass is 10.00. The number of carbonyl (C=O) groups is 3. The van der Waals surface area contributed by atoms with Crippen LogP contribution in [-0.2, 0) is 28.6 Å². The van der Waals surface area contributed by atoms with E-state index in [1.54, 1.807) is 0 Å². The maximum absolute atomic E-state index is 12.6. The third-order valence-corrected chi connectivity index (χ3v) is 10.1. The van der Waals surface area contributed by atoms with E-state index < -0.39 is 6.10 Å². The van der Waals surface area contributed by atoms with Crippen LogP contribution in [0.15, 0.2) is 0 Å². The molecule has 0 amide bonds. The maximum atomic E-state index is 12.6. The summed E-state index contributed by atoms with van der Waals surface area (Å²) in [4.78, 5) is 37.6. The van der Waals surface area contributed by atoms with Gasteiger partial charge in [0.05, 0.1) is 0 Å². The molecule has 0 heterocycles. The molecule has 0 saturated carbocycles. The van der Waals surface area contributed by atoms with Crippen molar-refractivity contribution in [3.63, 3.8) is 0 Å². The Kier molecular flexibility index (Phi) is 36.0.